The number of rotatable bonds is 3. The molecule has 2 N–H and O–H groups in total. The predicted octanol–water partition coefficient (Wildman–Crippen LogP) is 1.24. The van der Waals surface area contributed by atoms with Gasteiger partial charge in [0.2, 0.25) is 5.82 Å². The van der Waals surface area contributed by atoms with Crippen LogP contribution in [0.4, 0.5) is 13.2 Å². The molecule has 1 aliphatic heterocycles. The summed E-state index contributed by atoms with van der Waals surface area (Å²) >= 11 is 0. The summed E-state index contributed by atoms with van der Waals surface area (Å²) in [6.45, 7) is 3.14. The molecule has 7 heteroatoms. The molecule has 0 atom stereocenters. The van der Waals surface area contributed by atoms with Crippen molar-refractivity contribution in [1.29, 1.82) is 0 Å². The Kier molecular flexibility index (Phi) is 3.66. The summed E-state index contributed by atoms with van der Waals surface area (Å²) in [5.74, 6) is -6.81. The van der Waals surface area contributed by atoms with Crippen LogP contribution >= 0.6 is 0 Å². The molecule has 0 bridgehead atoms. The number of hydrogen-bond donors (Lipinski definition) is 2. The van der Waals surface area contributed by atoms with E-state index in [0.29, 0.717) is 25.7 Å². The minimum Gasteiger partial charge on any atom is -0.503 e. The SMILES string of the molecule is CCN(C(=O)c1cc(F)c(F)c(O)c1F)C1CNC1. The second-order valence-corrected chi connectivity index (χ2v) is 4.29. The van der Waals surface area contributed by atoms with E-state index >= 15 is 0 Å². The van der Waals surface area contributed by atoms with Gasteiger partial charge in [-0.1, -0.05) is 0 Å². The van der Waals surface area contributed by atoms with Gasteiger partial charge in [-0.05, 0) is 13.0 Å². The lowest BCUT2D eigenvalue weighted by Crippen LogP contribution is -2.58. The van der Waals surface area contributed by atoms with Gasteiger partial charge in [-0.2, -0.15) is 4.39 Å². The van der Waals surface area contributed by atoms with Crippen molar-refractivity contribution in [2.75, 3.05) is 19.6 Å². The molecule has 0 unspecified atom stereocenters. The van der Waals surface area contributed by atoms with Crippen LogP contribution in [0.15, 0.2) is 6.07 Å². The van der Waals surface area contributed by atoms with Crippen LogP contribution in [0.3, 0.4) is 0 Å². The summed E-state index contributed by atoms with van der Waals surface area (Å²) in [5.41, 5.74) is -0.662. The Balaban J connectivity index is 2.37. The molecular formula is C12H13F3N2O2. The molecule has 1 fully saturated rings. The zero-order valence-electron chi connectivity index (χ0n) is 10.2. The van der Waals surface area contributed by atoms with E-state index in [2.05, 4.69) is 5.32 Å². The monoisotopic (exact) mass is 274 g/mol. The zero-order chi connectivity index (χ0) is 14.2. The number of phenols is 1. The van der Waals surface area contributed by atoms with Crippen LogP contribution in [-0.4, -0.2) is 41.6 Å². The number of amides is 1. The van der Waals surface area contributed by atoms with Crippen molar-refractivity contribution >= 4 is 5.91 Å². The van der Waals surface area contributed by atoms with E-state index < -0.39 is 34.7 Å². The third-order valence-corrected chi connectivity index (χ3v) is 3.17. The van der Waals surface area contributed by atoms with Gasteiger partial charge in [0, 0.05) is 19.6 Å². The van der Waals surface area contributed by atoms with Crippen molar-refractivity contribution in [2.45, 2.75) is 13.0 Å². The molecule has 2 rings (SSSR count). The highest BCUT2D eigenvalue weighted by molar-refractivity contribution is 5.95. The maximum atomic E-state index is 13.7. The van der Waals surface area contributed by atoms with Crippen LogP contribution in [0.5, 0.6) is 5.75 Å². The molecule has 1 aromatic carbocycles. The van der Waals surface area contributed by atoms with Crippen molar-refractivity contribution in [3.8, 4) is 5.75 Å². The molecule has 0 radical (unpaired) electrons. The molecule has 1 amide bonds. The molecule has 1 aliphatic rings. The van der Waals surface area contributed by atoms with E-state index in [1.165, 1.54) is 4.90 Å². The second kappa shape index (κ2) is 5.08. The Morgan fingerprint density at radius 2 is 2.05 bits per heavy atom. The van der Waals surface area contributed by atoms with E-state index in [9.17, 15) is 18.0 Å². The number of benzene rings is 1. The van der Waals surface area contributed by atoms with Gasteiger partial charge in [0.25, 0.3) is 5.91 Å². The minimum atomic E-state index is -1.69. The van der Waals surface area contributed by atoms with E-state index in [4.69, 9.17) is 5.11 Å². The molecule has 104 valence electrons. The first-order chi connectivity index (χ1) is 8.97. The topological polar surface area (TPSA) is 52.6 Å². The standard InChI is InChI=1S/C12H13F3N2O2/c1-2-17(6-4-16-5-6)12(19)7-3-8(13)10(15)11(18)9(7)14/h3,6,16,18H,2,4-5H2,1H3. The Hall–Kier alpha value is -1.76. The lowest BCUT2D eigenvalue weighted by atomic mass is 10.1. The van der Waals surface area contributed by atoms with Gasteiger partial charge in [-0.15, -0.1) is 0 Å². The van der Waals surface area contributed by atoms with Gasteiger partial charge < -0.3 is 15.3 Å². The molecule has 19 heavy (non-hydrogen) atoms. The summed E-state index contributed by atoms with van der Waals surface area (Å²) < 4.78 is 39.8. The largest absolute Gasteiger partial charge is 0.503 e. The van der Waals surface area contributed by atoms with Crippen molar-refractivity contribution < 1.29 is 23.1 Å². The average molecular weight is 274 g/mol. The Morgan fingerprint density at radius 1 is 1.42 bits per heavy atom. The molecule has 4 nitrogen and oxygen atoms in total. The number of hydrogen-bond acceptors (Lipinski definition) is 3. The Morgan fingerprint density at radius 3 is 2.53 bits per heavy atom. The maximum Gasteiger partial charge on any atom is 0.257 e. The van der Waals surface area contributed by atoms with E-state index in [1.54, 1.807) is 6.92 Å². The molecule has 0 spiro atoms. The first-order valence-corrected chi connectivity index (χ1v) is 5.85. The molecule has 1 heterocycles. The van der Waals surface area contributed by atoms with Crippen molar-refractivity contribution in [3.63, 3.8) is 0 Å². The fourth-order valence-electron chi connectivity index (χ4n) is 1.96. The Labute approximate surface area is 107 Å². The molecule has 0 saturated carbocycles. The van der Waals surface area contributed by atoms with Crippen molar-refractivity contribution in [3.05, 3.63) is 29.1 Å². The fraction of sp³-hybridized carbons (Fsp3) is 0.417. The summed E-state index contributed by atoms with van der Waals surface area (Å²) in [6.07, 6.45) is 0. The van der Waals surface area contributed by atoms with Gasteiger partial charge in [0.1, 0.15) is 0 Å². The number of aromatic hydroxyl groups is 1. The van der Waals surface area contributed by atoms with Crippen LogP contribution in [0.1, 0.15) is 17.3 Å². The highest BCUT2D eigenvalue weighted by Gasteiger charge is 2.31. The third-order valence-electron chi connectivity index (χ3n) is 3.17. The summed E-state index contributed by atoms with van der Waals surface area (Å²) in [6, 6.07) is 0.369. The second-order valence-electron chi connectivity index (χ2n) is 4.29. The van der Waals surface area contributed by atoms with Crippen molar-refractivity contribution in [1.82, 2.24) is 10.2 Å². The number of carbonyl (C=O) groups is 1. The summed E-state index contributed by atoms with van der Waals surface area (Å²) in [5, 5.41) is 12.1. The van der Waals surface area contributed by atoms with Gasteiger partial charge in [0.05, 0.1) is 11.6 Å². The van der Waals surface area contributed by atoms with Gasteiger partial charge in [0.15, 0.2) is 17.4 Å². The molecule has 0 aliphatic carbocycles. The molecular weight excluding hydrogens is 261 g/mol. The number of halogens is 3. The quantitative estimate of drug-likeness (QED) is 0.815. The van der Waals surface area contributed by atoms with E-state index in [-0.39, 0.29) is 6.04 Å². The maximum absolute atomic E-state index is 13.7. The third kappa shape index (κ3) is 2.25. The lowest BCUT2D eigenvalue weighted by Gasteiger charge is -2.37. The average Bonchev–Trinajstić information content (AvgIpc) is 2.34. The fourth-order valence-corrected chi connectivity index (χ4v) is 1.96. The predicted molar refractivity (Wildman–Crippen MR) is 61.3 cm³/mol. The van der Waals surface area contributed by atoms with E-state index in [0.717, 1.165) is 0 Å². The molecule has 1 aromatic rings. The van der Waals surface area contributed by atoms with Gasteiger partial charge >= 0.3 is 0 Å². The van der Waals surface area contributed by atoms with Crippen LogP contribution < -0.4 is 5.32 Å². The normalized spacial score (nSPS) is 15.2. The van der Waals surface area contributed by atoms with Crippen LogP contribution in [0, 0.1) is 17.5 Å². The lowest BCUT2D eigenvalue weighted by molar-refractivity contribution is 0.0623. The first kappa shape index (κ1) is 13.7. The molecule has 0 aromatic heterocycles. The van der Waals surface area contributed by atoms with Gasteiger partial charge in [-0.25, -0.2) is 8.78 Å². The highest BCUT2D eigenvalue weighted by atomic mass is 19.2. The smallest absolute Gasteiger partial charge is 0.257 e. The number of likely N-dealkylation sites (N-methyl/N-ethyl adjacent to an activating group) is 1. The number of phenolic OH excluding ortho intramolecular Hbond substituents is 1. The number of nitrogens with one attached hydrogen (secondary N) is 1. The summed E-state index contributed by atoms with van der Waals surface area (Å²) in [4.78, 5) is 13.5. The van der Waals surface area contributed by atoms with Gasteiger partial charge in [-0.3, -0.25) is 4.79 Å². The number of carbonyl (C=O) groups excluding carboxylic acids is 1. The number of nitrogens with zero attached hydrogens (tertiary/aromatic N) is 1. The first-order valence-electron chi connectivity index (χ1n) is 5.85. The van der Waals surface area contributed by atoms with Crippen LogP contribution in [0.2, 0.25) is 0 Å². The van der Waals surface area contributed by atoms with E-state index in [1.807, 2.05) is 0 Å². The zero-order valence-corrected chi connectivity index (χ0v) is 10.2. The minimum absolute atomic E-state index is 0.104. The Bertz CT molecular complexity index is 518. The van der Waals surface area contributed by atoms with Crippen LogP contribution in [0.25, 0.3) is 0 Å². The van der Waals surface area contributed by atoms with Crippen molar-refractivity contribution in [2.24, 2.45) is 0 Å². The summed E-state index contributed by atoms with van der Waals surface area (Å²) in [7, 11) is 0. The molecule has 1 saturated heterocycles. The van der Waals surface area contributed by atoms with Crippen LogP contribution in [-0.2, 0) is 0 Å². The highest BCUT2D eigenvalue weighted by Crippen LogP contribution is 2.27.